The molecule has 5 nitrogen and oxygen atoms in total. The molecule has 0 bridgehead atoms. The Morgan fingerprint density at radius 1 is 0.808 bits per heavy atom. The molecule has 0 unspecified atom stereocenters. The summed E-state index contributed by atoms with van der Waals surface area (Å²) in [5, 5.41) is 0. The number of para-hydroxylation sites is 2. The highest BCUT2D eigenvalue weighted by molar-refractivity contribution is 5.93. The van der Waals surface area contributed by atoms with Gasteiger partial charge in [-0.25, -0.2) is 9.59 Å². The zero-order chi connectivity index (χ0) is 18.6. The molecule has 0 spiro atoms. The van der Waals surface area contributed by atoms with Gasteiger partial charge in [0, 0.05) is 0 Å². The number of carbonyl (C=O) groups excluding carboxylic acids is 2. The maximum absolute atomic E-state index is 12.2. The van der Waals surface area contributed by atoms with Crippen LogP contribution in [0.15, 0.2) is 54.6 Å². The molecule has 0 amide bonds. The first kappa shape index (κ1) is 19.5. The highest BCUT2D eigenvalue weighted by Crippen LogP contribution is 2.20. The quantitative estimate of drug-likeness (QED) is 0.342. The first-order chi connectivity index (χ1) is 12.7. The second-order valence-electron chi connectivity index (χ2n) is 5.81. The minimum absolute atomic E-state index is 0.115. The molecule has 0 fully saturated rings. The number of ether oxygens (including phenoxy) is 3. The molecule has 0 N–H and O–H groups in total. The summed E-state index contributed by atoms with van der Waals surface area (Å²) in [6, 6.07) is 15.0. The summed E-state index contributed by atoms with van der Waals surface area (Å²) in [4.78, 5) is 24.2. The fraction of sp³-hybridized carbons (Fsp3) is 0.333. The summed E-state index contributed by atoms with van der Waals surface area (Å²) >= 11 is 0. The van der Waals surface area contributed by atoms with Gasteiger partial charge in [-0.05, 0) is 30.7 Å². The van der Waals surface area contributed by atoms with E-state index in [0.29, 0.717) is 12.4 Å². The van der Waals surface area contributed by atoms with E-state index >= 15 is 0 Å². The predicted molar refractivity (Wildman–Crippen MR) is 98.6 cm³/mol. The van der Waals surface area contributed by atoms with Crippen LogP contribution in [0.3, 0.4) is 0 Å². The molecule has 0 aliphatic carbocycles. The standard InChI is InChI=1S/C21H24O5/c1-2-3-4-5-11-16-24-20(22)18-14-9-10-15-19(18)26-21(23)25-17-12-7-6-8-13-17/h6-10,12-15H,2-5,11,16H2,1H3. The van der Waals surface area contributed by atoms with E-state index in [0.717, 1.165) is 19.3 Å². The van der Waals surface area contributed by atoms with Crippen LogP contribution < -0.4 is 9.47 Å². The van der Waals surface area contributed by atoms with Gasteiger partial charge in [-0.3, -0.25) is 0 Å². The lowest BCUT2D eigenvalue weighted by Crippen LogP contribution is -2.16. The van der Waals surface area contributed by atoms with Crippen LogP contribution >= 0.6 is 0 Å². The van der Waals surface area contributed by atoms with Gasteiger partial charge in [0.05, 0.1) is 6.61 Å². The molecule has 0 heterocycles. The van der Waals surface area contributed by atoms with Crippen LogP contribution in [-0.4, -0.2) is 18.7 Å². The molecule has 0 aromatic heterocycles. The first-order valence-corrected chi connectivity index (χ1v) is 8.91. The largest absolute Gasteiger partial charge is 0.519 e. The molecule has 5 heteroatoms. The number of carbonyl (C=O) groups is 2. The molecule has 2 rings (SSSR count). The van der Waals surface area contributed by atoms with Crippen molar-refractivity contribution in [2.45, 2.75) is 39.0 Å². The molecule has 0 aliphatic heterocycles. The van der Waals surface area contributed by atoms with Gasteiger partial charge in [0.15, 0.2) is 0 Å². The maximum atomic E-state index is 12.2. The van der Waals surface area contributed by atoms with Gasteiger partial charge in [0.25, 0.3) is 0 Å². The molecule has 138 valence electrons. The summed E-state index contributed by atoms with van der Waals surface area (Å²) in [7, 11) is 0. The van der Waals surface area contributed by atoms with Crippen molar-refractivity contribution in [2.24, 2.45) is 0 Å². The van der Waals surface area contributed by atoms with Crippen LogP contribution in [0.1, 0.15) is 49.4 Å². The maximum Gasteiger partial charge on any atom is 0.519 e. The van der Waals surface area contributed by atoms with E-state index in [1.807, 2.05) is 6.07 Å². The molecule has 0 saturated carbocycles. The van der Waals surface area contributed by atoms with Crippen LogP contribution in [0.2, 0.25) is 0 Å². The van der Waals surface area contributed by atoms with E-state index in [9.17, 15) is 9.59 Å². The molecule has 2 aromatic carbocycles. The van der Waals surface area contributed by atoms with Crippen molar-refractivity contribution in [1.29, 1.82) is 0 Å². The Kier molecular flexibility index (Phi) is 8.19. The minimum Gasteiger partial charge on any atom is -0.462 e. The molecule has 0 radical (unpaired) electrons. The third-order valence-electron chi connectivity index (χ3n) is 3.73. The number of benzene rings is 2. The summed E-state index contributed by atoms with van der Waals surface area (Å²) in [5.41, 5.74) is 0.200. The predicted octanol–water partition coefficient (Wildman–Crippen LogP) is 5.39. The van der Waals surface area contributed by atoms with Crippen molar-refractivity contribution in [2.75, 3.05) is 6.61 Å². The lowest BCUT2D eigenvalue weighted by atomic mass is 10.2. The van der Waals surface area contributed by atoms with Gasteiger partial charge in [-0.2, -0.15) is 0 Å². The Morgan fingerprint density at radius 2 is 1.50 bits per heavy atom. The van der Waals surface area contributed by atoms with Gasteiger partial charge in [0.2, 0.25) is 0 Å². The third-order valence-corrected chi connectivity index (χ3v) is 3.73. The second kappa shape index (κ2) is 10.9. The van der Waals surface area contributed by atoms with Gasteiger partial charge < -0.3 is 14.2 Å². The lowest BCUT2D eigenvalue weighted by Gasteiger charge is -2.10. The first-order valence-electron chi connectivity index (χ1n) is 8.91. The average molecular weight is 356 g/mol. The zero-order valence-electron chi connectivity index (χ0n) is 15.0. The van der Waals surface area contributed by atoms with E-state index in [2.05, 4.69) is 6.92 Å². The topological polar surface area (TPSA) is 61.8 Å². The van der Waals surface area contributed by atoms with Crippen molar-refractivity contribution in [3.05, 3.63) is 60.2 Å². The Labute approximate surface area is 153 Å². The van der Waals surface area contributed by atoms with Crippen LogP contribution in [-0.2, 0) is 4.74 Å². The average Bonchev–Trinajstić information content (AvgIpc) is 2.65. The Bertz CT molecular complexity index is 697. The lowest BCUT2D eigenvalue weighted by molar-refractivity contribution is 0.0494. The van der Waals surface area contributed by atoms with Crippen molar-refractivity contribution >= 4 is 12.1 Å². The summed E-state index contributed by atoms with van der Waals surface area (Å²) in [6.45, 7) is 2.51. The van der Waals surface area contributed by atoms with Gasteiger partial charge in [0.1, 0.15) is 17.1 Å². The van der Waals surface area contributed by atoms with Crippen LogP contribution in [0.5, 0.6) is 11.5 Å². The smallest absolute Gasteiger partial charge is 0.462 e. The van der Waals surface area contributed by atoms with Gasteiger partial charge in [-0.1, -0.05) is 62.9 Å². The number of unbranched alkanes of at least 4 members (excludes halogenated alkanes) is 4. The van der Waals surface area contributed by atoms with Crippen LogP contribution in [0.4, 0.5) is 4.79 Å². The molecule has 0 saturated heterocycles. The Balaban J connectivity index is 1.88. The van der Waals surface area contributed by atoms with Crippen LogP contribution in [0, 0.1) is 0 Å². The highest BCUT2D eigenvalue weighted by atomic mass is 16.7. The van der Waals surface area contributed by atoms with E-state index in [1.165, 1.54) is 18.9 Å². The molecule has 2 aromatic rings. The van der Waals surface area contributed by atoms with E-state index in [4.69, 9.17) is 14.2 Å². The second-order valence-corrected chi connectivity index (χ2v) is 5.81. The molecule has 0 atom stereocenters. The van der Waals surface area contributed by atoms with Gasteiger partial charge in [-0.15, -0.1) is 0 Å². The Hall–Kier alpha value is -2.82. The molecule has 0 aliphatic rings. The fourth-order valence-electron chi connectivity index (χ4n) is 2.37. The SMILES string of the molecule is CCCCCCCOC(=O)c1ccccc1OC(=O)Oc1ccccc1. The Morgan fingerprint density at radius 3 is 2.27 bits per heavy atom. The minimum atomic E-state index is -0.906. The van der Waals surface area contributed by atoms with E-state index in [-0.39, 0.29) is 11.3 Å². The molecular weight excluding hydrogens is 332 g/mol. The molecular formula is C21H24O5. The van der Waals surface area contributed by atoms with Crippen molar-refractivity contribution < 1.29 is 23.8 Å². The molecule has 26 heavy (non-hydrogen) atoms. The van der Waals surface area contributed by atoms with Crippen molar-refractivity contribution in [3.8, 4) is 11.5 Å². The number of esters is 1. The van der Waals surface area contributed by atoms with Gasteiger partial charge >= 0.3 is 12.1 Å². The van der Waals surface area contributed by atoms with Crippen LogP contribution in [0.25, 0.3) is 0 Å². The number of hydrogen-bond acceptors (Lipinski definition) is 5. The number of hydrogen-bond donors (Lipinski definition) is 0. The summed E-state index contributed by atoms with van der Waals surface area (Å²) in [5.74, 6) is -0.0300. The third kappa shape index (κ3) is 6.59. The summed E-state index contributed by atoms with van der Waals surface area (Å²) in [6.07, 6.45) is 4.45. The van der Waals surface area contributed by atoms with Crippen molar-refractivity contribution in [3.63, 3.8) is 0 Å². The number of rotatable bonds is 9. The normalized spacial score (nSPS) is 10.2. The van der Waals surface area contributed by atoms with Crippen molar-refractivity contribution in [1.82, 2.24) is 0 Å². The van der Waals surface area contributed by atoms with E-state index in [1.54, 1.807) is 42.5 Å². The fourth-order valence-corrected chi connectivity index (χ4v) is 2.37. The van der Waals surface area contributed by atoms with E-state index < -0.39 is 12.1 Å². The monoisotopic (exact) mass is 356 g/mol. The highest BCUT2D eigenvalue weighted by Gasteiger charge is 2.17. The summed E-state index contributed by atoms with van der Waals surface area (Å²) < 4.78 is 15.5. The zero-order valence-corrected chi connectivity index (χ0v) is 15.0.